The Morgan fingerprint density at radius 3 is 3.00 bits per heavy atom. The Morgan fingerprint density at radius 2 is 2.30 bits per heavy atom. The fraction of sp³-hybridized carbons (Fsp3) is 0.188. The van der Waals surface area contributed by atoms with Gasteiger partial charge in [-0.2, -0.15) is 5.26 Å². The molecule has 0 saturated heterocycles. The number of ether oxygens (including phenoxy) is 1. The van der Waals surface area contributed by atoms with Crippen LogP contribution in [0.4, 0.5) is 0 Å². The monoisotopic (exact) mass is 265 g/mol. The SMILES string of the molecule is C=C(C#N)/C=C\C(=C/C)Oc1ccc2c(c1)COB2C. The van der Waals surface area contributed by atoms with Crippen molar-refractivity contribution in [3.05, 3.63) is 59.9 Å². The number of allylic oxidation sites excluding steroid dienone is 4. The van der Waals surface area contributed by atoms with Gasteiger partial charge >= 0.3 is 6.92 Å². The van der Waals surface area contributed by atoms with Crippen LogP contribution < -0.4 is 10.2 Å². The lowest BCUT2D eigenvalue weighted by atomic mass is 9.64. The van der Waals surface area contributed by atoms with Gasteiger partial charge in [0.15, 0.2) is 0 Å². The molecule has 0 aromatic heterocycles. The molecule has 0 saturated carbocycles. The highest BCUT2D eigenvalue weighted by Gasteiger charge is 2.23. The molecular formula is C16H16BNO2. The molecular weight excluding hydrogens is 249 g/mol. The Labute approximate surface area is 119 Å². The summed E-state index contributed by atoms with van der Waals surface area (Å²) in [5.74, 6) is 1.44. The van der Waals surface area contributed by atoms with E-state index in [2.05, 4.69) is 6.58 Å². The summed E-state index contributed by atoms with van der Waals surface area (Å²) in [7, 11) is 0. The minimum Gasteiger partial charge on any atom is -0.458 e. The predicted molar refractivity (Wildman–Crippen MR) is 80.8 cm³/mol. The maximum atomic E-state index is 8.67. The van der Waals surface area contributed by atoms with Gasteiger partial charge in [-0.05, 0) is 48.3 Å². The Hall–Kier alpha value is -2.25. The van der Waals surface area contributed by atoms with Gasteiger partial charge in [0.2, 0.25) is 0 Å². The number of nitriles is 1. The van der Waals surface area contributed by atoms with Gasteiger partial charge in [-0.3, -0.25) is 0 Å². The van der Waals surface area contributed by atoms with Crippen LogP contribution in [0, 0.1) is 11.3 Å². The maximum Gasteiger partial charge on any atom is 0.324 e. The number of rotatable bonds is 4. The van der Waals surface area contributed by atoms with E-state index in [-0.39, 0.29) is 6.92 Å². The van der Waals surface area contributed by atoms with E-state index in [0.717, 1.165) is 11.3 Å². The van der Waals surface area contributed by atoms with E-state index in [1.807, 2.05) is 44.1 Å². The third kappa shape index (κ3) is 3.20. The normalized spacial score (nSPS) is 14.2. The average Bonchev–Trinajstić information content (AvgIpc) is 2.84. The first-order chi connectivity index (χ1) is 9.63. The first-order valence-electron chi connectivity index (χ1n) is 6.49. The van der Waals surface area contributed by atoms with E-state index in [4.69, 9.17) is 14.7 Å². The van der Waals surface area contributed by atoms with Crippen molar-refractivity contribution in [3.63, 3.8) is 0 Å². The summed E-state index contributed by atoms with van der Waals surface area (Å²) >= 11 is 0. The average molecular weight is 265 g/mol. The molecule has 100 valence electrons. The maximum absolute atomic E-state index is 8.67. The van der Waals surface area contributed by atoms with E-state index in [1.165, 1.54) is 5.46 Å². The van der Waals surface area contributed by atoms with Crippen LogP contribution in [-0.2, 0) is 11.3 Å². The van der Waals surface area contributed by atoms with Crippen molar-refractivity contribution in [1.29, 1.82) is 5.26 Å². The second-order valence-corrected chi connectivity index (χ2v) is 4.58. The highest BCUT2D eigenvalue weighted by Crippen LogP contribution is 2.20. The molecule has 0 bridgehead atoms. The molecule has 1 heterocycles. The molecule has 3 nitrogen and oxygen atoms in total. The molecule has 2 rings (SSSR count). The van der Waals surface area contributed by atoms with E-state index in [9.17, 15) is 0 Å². The van der Waals surface area contributed by atoms with Gasteiger partial charge in [-0.1, -0.05) is 19.5 Å². The van der Waals surface area contributed by atoms with Crippen molar-refractivity contribution >= 4 is 12.4 Å². The number of fused-ring (bicyclic) bond motifs is 1. The summed E-state index contributed by atoms with van der Waals surface area (Å²) in [5, 5.41) is 8.67. The van der Waals surface area contributed by atoms with E-state index < -0.39 is 0 Å². The molecule has 1 aliphatic heterocycles. The fourth-order valence-electron chi connectivity index (χ4n) is 2.02. The molecule has 0 atom stereocenters. The van der Waals surface area contributed by atoms with Gasteiger partial charge in [0.25, 0.3) is 0 Å². The molecule has 1 aromatic rings. The first-order valence-corrected chi connectivity index (χ1v) is 6.49. The first kappa shape index (κ1) is 14.2. The summed E-state index contributed by atoms with van der Waals surface area (Å²) in [6.45, 7) is 8.30. The quantitative estimate of drug-likeness (QED) is 0.364. The molecule has 0 unspecified atom stereocenters. The largest absolute Gasteiger partial charge is 0.458 e. The summed E-state index contributed by atoms with van der Waals surface area (Å²) in [6, 6.07) is 7.93. The van der Waals surface area contributed by atoms with Crippen molar-refractivity contribution in [1.82, 2.24) is 0 Å². The molecule has 0 fully saturated rings. The fourth-order valence-corrected chi connectivity index (χ4v) is 2.02. The molecule has 0 aliphatic carbocycles. The second-order valence-electron chi connectivity index (χ2n) is 4.58. The van der Waals surface area contributed by atoms with Crippen LogP contribution in [-0.4, -0.2) is 6.92 Å². The van der Waals surface area contributed by atoms with E-state index in [0.29, 0.717) is 17.9 Å². The summed E-state index contributed by atoms with van der Waals surface area (Å²) < 4.78 is 11.4. The zero-order valence-corrected chi connectivity index (χ0v) is 11.7. The predicted octanol–water partition coefficient (Wildman–Crippen LogP) is 2.96. The van der Waals surface area contributed by atoms with Crippen LogP contribution in [0.25, 0.3) is 0 Å². The van der Waals surface area contributed by atoms with Gasteiger partial charge in [0.1, 0.15) is 11.5 Å². The van der Waals surface area contributed by atoms with Crippen molar-refractivity contribution in [2.75, 3.05) is 0 Å². The van der Waals surface area contributed by atoms with Gasteiger partial charge < -0.3 is 9.39 Å². The Balaban J connectivity index is 2.12. The van der Waals surface area contributed by atoms with Crippen LogP contribution >= 0.6 is 0 Å². The minimum atomic E-state index is 0.152. The highest BCUT2D eigenvalue weighted by atomic mass is 16.5. The zero-order chi connectivity index (χ0) is 14.5. The van der Waals surface area contributed by atoms with Gasteiger partial charge in [0, 0.05) is 5.57 Å². The molecule has 20 heavy (non-hydrogen) atoms. The number of nitrogens with zero attached hydrogens (tertiary/aromatic N) is 1. The van der Waals surface area contributed by atoms with Crippen LogP contribution in [0.15, 0.2) is 54.3 Å². The van der Waals surface area contributed by atoms with Crippen LogP contribution in [0.5, 0.6) is 5.75 Å². The molecule has 0 radical (unpaired) electrons. The summed E-state index contributed by atoms with van der Waals surface area (Å²) in [5.41, 5.74) is 2.77. The molecule has 0 amide bonds. The Bertz CT molecular complexity index is 626. The molecule has 1 aromatic carbocycles. The van der Waals surface area contributed by atoms with Crippen LogP contribution in [0.1, 0.15) is 12.5 Å². The number of hydrogen-bond acceptors (Lipinski definition) is 3. The summed E-state index contributed by atoms with van der Waals surface area (Å²) in [4.78, 5) is 0. The summed E-state index contributed by atoms with van der Waals surface area (Å²) in [6.07, 6.45) is 5.21. The van der Waals surface area contributed by atoms with E-state index in [1.54, 1.807) is 12.2 Å². The van der Waals surface area contributed by atoms with Crippen molar-refractivity contribution in [2.24, 2.45) is 0 Å². The van der Waals surface area contributed by atoms with Gasteiger partial charge in [0.05, 0.1) is 12.7 Å². The van der Waals surface area contributed by atoms with Gasteiger partial charge in [-0.15, -0.1) is 0 Å². The third-order valence-corrected chi connectivity index (χ3v) is 3.15. The smallest absolute Gasteiger partial charge is 0.324 e. The highest BCUT2D eigenvalue weighted by molar-refractivity contribution is 6.67. The van der Waals surface area contributed by atoms with Crippen molar-refractivity contribution < 1.29 is 9.39 Å². The van der Waals surface area contributed by atoms with Crippen LogP contribution in [0.2, 0.25) is 6.82 Å². The Kier molecular flexibility index (Phi) is 4.44. The number of hydrogen-bond donors (Lipinski definition) is 0. The molecule has 0 spiro atoms. The molecule has 4 heteroatoms. The lowest BCUT2D eigenvalue weighted by Crippen LogP contribution is -2.23. The molecule has 0 N–H and O–H groups in total. The number of benzene rings is 1. The second kappa shape index (κ2) is 6.27. The standard InChI is InChI=1S/C16H16BNO2/c1-4-14(6-5-12(2)10-18)20-15-7-8-16-13(9-15)11-19-17(16)3/h4-9H,2,11H2,1,3H3/b6-5-,14-4+. The van der Waals surface area contributed by atoms with Crippen LogP contribution in [0.3, 0.4) is 0 Å². The molecule has 1 aliphatic rings. The lowest BCUT2D eigenvalue weighted by molar-refractivity contribution is 0.333. The topological polar surface area (TPSA) is 42.2 Å². The minimum absolute atomic E-state index is 0.152. The van der Waals surface area contributed by atoms with E-state index >= 15 is 0 Å². The zero-order valence-electron chi connectivity index (χ0n) is 11.7. The lowest BCUT2D eigenvalue weighted by Gasteiger charge is -2.08. The van der Waals surface area contributed by atoms with Gasteiger partial charge in [-0.25, -0.2) is 0 Å². The Morgan fingerprint density at radius 1 is 1.50 bits per heavy atom. The third-order valence-electron chi connectivity index (χ3n) is 3.15. The van der Waals surface area contributed by atoms with Crippen molar-refractivity contribution in [3.8, 4) is 11.8 Å². The van der Waals surface area contributed by atoms with Crippen molar-refractivity contribution in [2.45, 2.75) is 20.4 Å².